The van der Waals surface area contributed by atoms with Gasteiger partial charge in [-0.1, -0.05) is 27.7 Å². The molecule has 0 aromatic carbocycles. The lowest BCUT2D eigenvalue weighted by molar-refractivity contribution is 0.276. The molecule has 0 aromatic rings. The Balaban J connectivity index is -0.000000174. The molecule has 0 unspecified atom stereocenters. The van der Waals surface area contributed by atoms with E-state index < -0.39 is 0 Å². The van der Waals surface area contributed by atoms with Crippen LogP contribution >= 0.6 is 0 Å². The highest BCUT2D eigenvalue weighted by atomic mass is 16.2. The largest absolute Gasteiger partial charge is 0.400 e. The van der Waals surface area contributed by atoms with Crippen molar-refractivity contribution in [1.82, 2.24) is 4.90 Å². The van der Waals surface area contributed by atoms with Gasteiger partial charge >= 0.3 is 0 Å². The Hall–Kier alpha value is -0.0800. The minimum atomic E-state index is 0.775. The maximum Gasteiger partial charge on any atom is 0.0319 e. The third kappa shape index (κ3) is 11.9. The van der Waals surface area contributed by atoms with E-state index in [0.29, 0.717) is 0 Å². The first-order valence-electron chi connectivity index (χ1n) is 5.99. The SMILES string of the molecule is CC.CC.CC(C)N1CCCC1.CO. The van der Waals surface area contributed by atoms with Crippen molar-refractivity contribution in [3.8, 4) is 0 Å². The molecule has 1 aliphatic heterocycles. The predicted octanol–water partition coefficient (Wildman–Crippen LogP) is 3.15. The average Bonchev–Trinajstić information content (AvgIpc) is 2.80. The van der Waals surface area contributed by atoms with Crippen molar-refractivity contribution in [3.63, 3.8) is 0 Å². The maximum absolute atomic E-state index is 7.00. The minimum Gasteiger partial charge on any atom is -0.400 e. The molecule has 0 atom stereocenters. The zero-order valence-corrected chi connectivity index (χ0v) is 11.3. The third-order valence-electron chi connectivity index (χ3n) is 1.87. The summed E-state index contributed by atoms with van der Waals surface area (Å²) in [5, 5.41) is 7.00. The van der Waals surface area contributed by atoms with E-state index in [1.807, 2.05) is 27.7 Å². The van der Waals surface area contributed by atoms with Crippen molar-refractivity contribution in [1.29, 1.82) is 0 Å². The van der Waals surface area contributed by atoms with Crippen LogP contribution in [0.25, 0.3) is 0 Å². The summed E-state index contributed by atoms with van der Waals surface area (Å²) in [5.41, 5.74) is 0. The topological polar surface area (TPSA) is 23.5 Å². The molecule has 0 spiro atoms. The van der Waals surface area contributed by atoms with Gasteiger partial charge in [-0.3, -0.25) is 0 Å². The number of likely N-dealkylation sites (tertiary alicyclic amines) is 1. The van der Waals surface area contributed by atoms with Gasteiger partial charge in [-0.25, -0.2) is 0 Å². The summed E-state index contributed by atoms with van der Waals surface area (Å²) in [4.78, 5) is 2.53. The fourth-order valence-corrected chi connectivity index (χ4v) is 1.26. The highest BCUT2D eigenvalue weighted by Crippen LogP contribution is 2.09. The van der Waals surface area contributed by atoms with Crippen LogP contribution in [-0.2, 0) is 0 Å². The van der Waals surface area contributed by atoms with Gasteiger partial charge in [0.15, 0.2) is 0 Å². The monoisotopic (exact) mass is 205 g/mol. The molecule has 1 fully saturated rings. The molecule has 2 heteroatoms. The molecule has 90 valence electrons. The van der Waals surface area contributed by atoms with E-state index in [2.05, 4.69) is 18.7 Å². The van der Waals surface area contributed by atoms with Gasteiger partial charge in [0, 0.05) is 13.2 Å². The Labute approximate surface area is 91.3 Å². The molecule has 0 amide bonds. The smallest absolute Gasteiger partial charge is 0.0319 e. The van der Waals surface area contributed by atoms with E-state index in [4.69, 9.17) is 5.11 Å². The molecule has 1 aliphatic rings. The highest BCUT2D eigenvalue weighted by molar-refractivity contribution is 4.68. The van der Waals surface area contributed by atoms with Gasteiger partial charge < -0.3 is 10.0 Å². The Morgan fingerprint density at radius 2 is 1.14 bits per heavy atom. The molecular formula is C12H31NO. The van der Waals surface area contributed by atoms with Crippen LogP contribution < -0.4 is 0 Å². The van der Waals surface area contributed by atoms with Gasteiger partial charge in [0.1, 0.15) is 0 Å². The van der Waals surface area contributed by atoms with E-state index in [1.54, 1.807) is 0 Å². The average molecular weight is 205 g/mol. The number of nitrogens with zero attached hydrogens (tertiary/aromatic N) is 1. The highest BCUT2D eigenvalue weighted by Gasteiger charge is 2.13. The molecule has 14 heavy (non-hydrogen) atoms. The Morgan fingerprint density at radius 3 is 1.29 bits per heavy atom. The van der Waals surface area contributed by atoms with Gasteiger partial charge in [0.25, 0.3) is 0 Å². The van der Waals surface area contributed by atoms with Crippen molar-refractivity contribution in [3.05, 3.63) is 0 Å². The summed E-state index contributed by atoms with van der Waals surface area (Å²) >= 11 is 0. The van der Waals surface area contributed by atoms with E-state index in [-0.39, 0.29) is 0 Å². The van der Waals surface area contributed by atoms with Gasteiger partial charge in [-0.15, -0.1) is 0 Å². The molecular weight excluding hydrogens is 174 g/mol. The van der Waals surface area contributed by atoms with Crippen molar-refractivity contribution < 1.29 is 5.11 Å². The third-order valence-corrected chi connectivity index (χ3v) is 1.87. The van der Waals surface area contributed by atoms with Crippen molar-refractivity contribution in [2.45, 2.75) is 60.4 Å². The lowest BCUT2D eigenvalue weighted by Gasteiger charge is -2.18. The van der Waals surface area contributed by atoms with E-state index in [0.717, 1.165) is 13.2 Å². The van der Waals surface area contributed by atoms with Crippen LogP contribution in [0.3, 0.4) is 0 Å². The van der Waals surface area contributed by atoms with Gasteiger partial charge in [0.05, 0.1) is 0 Å². The summed E-state index contributed by atoms with van der Waals surface area (Å²) < 4.78 is 0. The van der Waals surface area contributed by atoms with E-state index in [1.165, 1.54) is 25.9 Å². The summed E-state index contributed by atoms with van der Waals surface area (Å²) in [6, 6.07) is 0.775. The lowest BCUT2D eigenvalue weighted by Crippen LogP contribution is -2.26. The van der Waals surface area contributed by atoms with Crippen LogP contribution in [0, 0.1) is 0 Å². The van der Waals surface area contributed by atoms with Crippen molar-refractivity contribution in [2.24, 2.45) is 0 Å². The molecule has 0 saturated carbocycles. The summed E-state index contributed by atoms with van der Waals surface area (Å²) in [6.07, 6.45) is 2.83. The molecule has 1 N–H and O–H groups in total. The minimum absolute atomic E-state index is 0.775. The molecule has 0 bridgehead atoms. The number of rotatable bonds is 1. The molecule has 0 aliphatic carbocycles. The van der Waals surface area contributed by atoms with Crippen LogP contribution in [0.5, 0.6) is 0 Å². The van der Waals surface area contributed by atoms with Crippen LogP contribution in [0.2, 0.25) is 0 Å². The number of hydrogen-bond acceptors (Lipinski definition) is 2. The fraction of sp³-hybridized carbons (Fsp3) is 1.00. The zero-order valence-electron chi connectivity index (χ0n) is 11.3. The summed E-state index contributed by atoms with van der Waals surface area (Å²) in [7, 11) is 1.00. The summed E-state index contributed by atoms with van der Waals surface area (Å²) in [6.45, 7) is 15.2. The predicted molar refractivity (Wildman–Crippen MR) is 66.8 cm³/mol. The van der Waals surface area contributed by atoms with Crippen LogP contribution in [0.4, 0.5) is 0 Å². The van der Waals surface area contributed by atoms with Gasteiger partial charge in [-0.05, 0) is 39.8 Å². The second-order valence-electron chi connectivity index (χ2n) is 2.84. The van der Waals surface area contributed by atoms with Gasteiger partial charge in [-0.2, -0.15) is 0 Å². The number of hydrogen-bond donors (Lipinski definition) is 1. The van der Waals surface area contributed by atoms with Crippen LogP contribution in [0.1, 0.15) is 54.4 Å². The molecule has 1 rings (SSSR count). The number of aliphatic hydroxyl groups excluding tert-OH is 1. The maximum atomic E-state index is 7.00. The summed E-state index contributed by atoms with van der Waals surface area (Å²) in [5.74, 6) is 0. The first-order chi connectivity index (χ1) is 6.80. The molecule has 2 nitrogen and oxygen atoms in total. The zero-order chi connectivity index (χ0) is 12.0. The quantitative estimate of drug-likeness (QED) is 0.711. The Kier molecular flexibility index (Phi) is 26.0. The molecule has 1 heterocycles. The van der Waals surface area contributed by atoms with Gasteiger partial charge in [0.2, 0.25) is 0 Å². The lowest BCUT2D eigenvalue weighted by atomic mass is 10.3. The molecule has 1 saturated heterocycles. The Bertz CT molecular complexity index is 68.7. The Morgan fingerprint density at radius 1 is 0.857 bits per heavy atom. The second kappa shape index (κ2) is 18.7. The first-order valence-corrected chi connectivity index (χ1v) is 5.99. The number of aliphatic hydroxyl groups is 1. The van der Waals surface area contributed by atoms with Crippen LogP contribution in [0.15, 0.2) is 0 Å². The molecule has 0 radical (unpaired) electrons. The second-order valence-corrected chi connectivity index (χ2v) is 2.84. The van der Waals surface area contributed by atoms with Crippen molar-refractivity contribution in [2.75, 3.05) is 20.2 Å². The molecule has 0 aromatic heterocycles. The fourth-order valence-electron chi connectivity index (χ4n) is 1.26. The normalized spacial score (nSPS) is 14.4. The van der Waals surface area contributed by atoms with Crippen LogP contribution in [-0.4, -0.2) is 36.2 Å². The van der Waals surface area contributed by atoms with E-state index in [9.17, 15) is 0 Å². The standard InChI is InChI=1S/C7H15N.2C2H6.CH4O/c1-7(2)8-5-3-4-6-8;3*1-2/h7H,3-6H2,1-2H3;2*1-2H3;2H,1H3. The van der Waals surface area contributed by atoms with E-state index >= 15 is 0 Å². The first kappa shape index (κ1) is 19.5. The van der Waals surface area contributed by atoms with Crippen molar-refractivity contribution >= 4 is 0 Å².